The van der Waals surface area contributed by atoms with E-state index in [1.807, 2.05) is 51.4 Å². The lowest BCUT2D eigenvalue weighted by atomic mass is 9.73. The average molecular weight is 404 g/mol. The number of para-hydroxylation sites is 1. The molecule has 1 fully saturated rings. The van der Waals surface area contributed by atoms with E-state index in [9.17, 15) is 9.59 Å². The number of rotatable bonds is 3. The maximum atomic E-state index is 13.5. The Balaban J connectivity index is 1.62. The van der Waals surface area contributed by atoms with Crippen LogP contribution < -0.4 is 5.32 Å². The van der Waals surface area contributed by atoms with Crippen LogP contribution in [0.4, 0.5) is 5.69 Å². The zero-order valence-electron chi connectivity index (χ0n) is 17.2. The van der Waals surface area contributed by atoms with Crippen LogP contribution in [0, 0.1) is 0 Å². The summed E-state index contributed by atoms with van der Waals surface area (Å²) in [6, 6.07) is 7.48. The summed E-state index contributed by atoms with van der Waals surface area (Å²) in [7, 11) is 1.84. The Hall–Kier alpha value is -3.42. The summed E-state index contributed by atoms with van der Waals surface area (Å²) in [5, 5.41) is 11.7. The SMILES string of the molecule is CC(C)n1cc(C(=O)N2CC[C@]3(C(=O)Nc4ccccc43)[C@@H]2c2cnn(C)c2)cn1. The van der Waals surface area contributed by atoms with Gasteiger partial charge in [0, 0.05) is 43.3 Å². The molecule has 0 unspecified atom stereocenters. The van der Waals surface area contributed by atoms with Gasteiger partial charge in [-0.2, -0.15) is 10.2 Å². The number of likely N-dealkylation sites (tertiary alicyclic amines) is 1. The fourth-order valence-corrected chi connectivity index (χ4v) is 4.85. The molecule has 1 aromatic carbocycles. The standard InChI is InChI=1S/C22H24N6O2/c1-14(2)28-13-16(11-24-28)20(29)27-9-8-22(19(27)15-10-23-26(3)12-15)17-6-4-5-7-18(17)25-21(22)30/h4-7,10-14,19H,8-9H2,1-3H3,(H,25,30)/t19-,22+/m0/s1. The van der Waals surface area contributed by atoms with Crippen LogP contribution in [-0.2, 0) is 17.3 Å². The van der Waals surface area contributed by atoms with E-state index in [1.165, 1.54) is 0 Å². The predicted octanol–water partition coefficient (Wildman–Crippen LogP) is 2.67. The van der Waals surface area contributed by atoms with Crippen molar-refractivity contribution >= 4 is 17.5 Å². The molecule has 2 amide bonds. The van der Waals surface area contributed by atoms with Gasteiger partial charge in [0.1, 0.15) is 5.41 Å². The van der Waals surface area contributed by atoms with Crippen molar-refractivity contribution in [2.45, 2.75) is 37.8 Å². The van der Waals surface area contributed by atoms with Crippen molar-refractivity contribution in [1.82, 2.24) is 24.5 Å². The van der Waals surface area contributed by atoms with Crippen LogP contribution in [0.2, 0.25) is 0 Å². The summed E-state index contributed by atoms with van der Waals surface area (Å²) in [5.41, 5.74) is 2.31. The molecule has 4 heterocycles. The Kier molecular flexibility index (Phi) is 4.06. The summed E-state index contributed by atoms with van der Waals surface area (Å²) in [6.07, 6.45) is 7.59. The largest absolute Gasteiger partial charge is 0.330 e. The second-order valence-corrected chi connectivity index (χ2v) is 8.37. The highest BCUT2D eigenvalue weighted by Gasteiger charge is 2.59. The van der Waals surface area contributed by atoms with Crippen molar-refractivity contribution < 1.29 is 9.59 Å². The highest BCUT2D eigenvalue weighted by Crippen LogP contribution is 2.54. The van der Waals surface area contributed by atoms with E-state index in [-0.39, 0.29) is 17.9 Å². The number of nitrogens with zero attached hydrogens (tertiary/aromatic N) is 5. The molecule has 1 N–H and O–H groups in total. The van der Waals surface area contributed by atoms with E-state index in [2.05, 4.69) is 15.5 Å². The number of aromatic nitrogens is 4. The van der Waals surface area contributed by atoms with Crippen LogP contribution in [0.1, 0.15) is 53.8 Å². The zero-order chi connectivity index (χ0) is 21.0. The van der Waals surface area contributed by atoms with Crippen molar-refractivity contribution in [2.75, 3.05) is 11.9 Å². The molecule has 2 aliphatic heterocycles. The third-order valence-corrected chi connectivity index (χ3v) is 6.27. The van der Waals surface area contributed by atoms with Gasteiger partial charge in [0.25, 0.3) is 5.91 Å². The highest BCUT2D eigenvalue weighted by atomic mass is 16.2. The number of carbonyl (C=O) groups is 2. The number of hydrogen-bond donors (Lipinski definition) is 1. The van der Waals surface area contributed by atoms with Crippen molar-refractivity contribution in [3.8, 4) is 0 Å². The van der Waals surface area contributed by atoms with Gasteiger partial charge < -0.3 is 10.2 Å². The van der Waals surface area contributed by atoms with Crippen LogP contribution >= 0.6 is 0 Å². The van der Waals surface area contributed by atoms with Gasteiger partial charge in [-0.3, -0.25) is 19.0 Å². The smallest absolute Gasteiger partial charge is 0.257 e. The fraction of sp³-hybridized carbons (Fsp3) is 0.364. The molecule has 30 heavy (non-hydrogen) atoms. The molecule has 2 atom stereocenters. The number of anilines is 1. The van der Waals surface area contributed by atoms with Crippen LogP contribution in [0.25, 0.3) is 0 Å². The van der Waals surface area contributed by atoms with Crippen molar-refractivity contribution in [2.24, 2.45) is 7.05 Å². The summed E-state index contributed by atoms with van der Waals surface area (Å²) in [5.74, 6) is -0.185. The van der Waals surface area contributed by atoms with Crippen molar-refractivity contribution in [3.05, 3.63) is 65.7 Å². The number of fused-ring (bicyclic) bond motifs is 2. The molecule has 8 heteroatoms. The van der Waals surface area contributed by atoms with E-state index >= 15 is 0 Å². The number of benzene rings is 1. The first-order chi connectivity index (χ1) is 14.4. The number of carbonyl (C=O) groups excluding carboxylic acids is 2. The summed E-state index contributed by atoms with van der Waals surface area (Å²) < 4.78 is 3.48. The Bertz CT molecular complexity index is 1150. The van der Waals surface area contributed by atoms with Crippen LogP contribution in [0.15, 0.2) is 49.1 Å². The van der Waals surface area contributed by atoms with Gasteiger partial charge in [0.2, 0.25) is 5.91 Å². The first kappa shape index (κ1) is 18.6. The fourth-order valence-electron chi connectivity index (χ4n) is 4.85. The minimum atomic E-state index is -0.830. The summed E-state index contributed by atoms with van der Waals surface area (Å²) in [4.78, 5) is 28.7. The first-order valence-corrected chi connectivity index (χ1v) is 10.2. The van der Waals surface area contributed by atoms with Gasteiger partial charge in [0.05, 0.1) is 24.0 Å². The second kappa shape index (κ2) is 6.55. The third kappa shape index (κ3) is 2.52. The molecule has 2 aromatic heterocycles. The van der Waals surface area contributed by atoms with Crippen molar-refractivity contribution in [1.29, 1.82) is 0 Å². The summed E-state index contributed by atoms with van der Waals surface area (Å²) >= 11 is 0. The number of nitrogens with one attached hydrogen (secondary N) is 1. The monoisotopic (exact) mass is 404 g/mol. The van der Waals surface area contributed by atoms with Crippen molar-refractivity contribution in [3.63, 3.8) is 0 Å². The van der Waals surface area contributed by atoms with Gasteiger partial charge in [-0.15, -0.1) is 0 Å². The normalized spacial score (nSPS) is 22.7. The Morgan fingerprint density at radius 2 is 2.00 bits per heavy atom. The Morgan fingerprint density at radius 1 is 1.20 bits per heavy atom. The zero-order valence-corrected chi connectivity index (χ0v) is 17.2. The minimum Gasteiger partial charge on any atom is -0.330 e. The number of hydrogen-bond acceptors (Lipinski definition) is 4. The third-order valence-electron chi connectivity index (χ3n) is 6.27. The molecule has 0 bridgehead atoms. The van der Waals surface area contributed by atoms with Gasteiger partial charge >= 0.3 is 0 Å². The molecular formula is C22H24N6O2. The topological polar surface area (TPSA) is 85.0 Å². The molecule has 0 aliphatic carbocycles. The molecule has 0 radical (unpaired) electrons. The first-order valence-electron chi connectivity index (χ1n) is 10.2. The van der Waals surface area contributed by atoms with Gasteiger partial charge in [-0.05, 0) is 31.9 Å². The number of aryl methyl sites for hydroxylation is 1. The molecule has 3 aromatic rings. The van der Waals surface area contributed by atoms with E-state index in [0.717, 1.165) is 16.8 Å². The molecule has 8 nitrogen and oxygen atoms in total. The van der Waals surface area contributed by atoms with Gasteiger partial charge in [0.15, 0.2) is 0 Å². The van der Waals surface area contributed by atoms with Crippen LogP contribution in [0.3, 0.4) is 0 Å². The quantitative estimate of drug-likeness (QED) is 0.727. The maximum Gasteiger partial charge on any atom is 0.257 e. The molecule has 1 spiro atoms. The van der Waals surface area contributed by atoms with Gasteiger partial charge in [-0.1, -0.05) is 18.2 Å². The lowest BCUT2D eigenvalue weighted by Crippen LogP contribution is -2.42. The molecule has 5 rings (SSSR count). The maximum absolute atomic E-state index is 13.5. The molecule has 154 valence electrons. The molecule has 2 aliphatic rings. The van der Waals surface area contributed by atoms with E-state index in [1.54, 1.807) is 32.9 Å². The lowest BCUT2D eigenvalue weighted by molar-refractivity contribution is -0.121. The van der Waals surface area contributed by atoms with E-state index in [4.69, 9.17) is 0 Å². The lowest BCUT2D eigenvalue weighted by Gasteiger charge is -2.33. The van der Waals surface area contributed by atoms with Crippen LogP contribution in [-0.4, -0.2) is 42.8 Å². The second-order valence-electron chi connectivity index (χ2n) is 8.37. The van der Waals surface area contributed by atoms with Gasteiger partial charge in [-0.25, -0.2) is 0 Å². The minimum absolute atomic E-state index is 0.0641. The predicted molar refractivity (Wildman–Crippen MR) is 111 cm³/mol. The molecular weight excluding hydrogens is 380 g/mol. The Morgan fingerprint density at radius 3 is 2.70 bits per heavy atom. The molecule has 1 saturated heterocycles. The summed E-state index contributed by atoms with van der Waals surface area (Å²) in [6.45, 7) is 4.52. The highest BCUT2D eigenvalue weighted by molar-refractivity contribution is 6.08. The number of amides is 2. The molecule has 0 saturated carbocycles. The van der Waals surface area contributed by atoms with Crippen LogP contribution in [0.5, 0.6) is 0 Å². The van der Waals surface area contributed by atoms with E-state index < -0.39 is 11.5 Å². The Labute approximate surface area is 174 Å². The average Bonchev–Trinajstić information content (AvgIpc) is 3.49. The van der Waals surface area contributed by atoms with E-state index in [0.29, 0.717) is 18.5 Å².